The summed E-state index contributed by atoms with van der Waals surface area (Å²) in [5, 5.41) is 2.88. The standard InChI is InChI=1S/C15H15NO3S/c1-9-7-14(20-10(9)2)15(17)16-11-3-4-12-13(8-11)19-6-5-18-12/h3-4,7-8H,5-6H2,1-2H3,(H,16,17). The summed E-state index contributed by atoms with van der Waals surface area (Å²) in [7, 11) is 0. The Labute approximate surface area is 121 Å². The monoisotopic (exact) mass is 289 g/mol. The molecule has 0 spiro atoms. The summed E-state index contributed by atoms with van der Waals surface area (Å²) in [6, 6.07) is 7.33. The lowest BCUT2D eigenvalue weighted by molar-refractivity contribution is 0.103. The van der Waals surface area contributed by atoms with Crippen LogP contribution in [0.3, 0.4) is 0 Å². The predicted octanol–water partition coefficient (Wildman–Crippen LogP) is 3.39. The maximum absolute atomic E-state index is 12.2. The average Bonchev–Trinajstić information content (AvgIpc) is 2.79. The predicted molar refractivity (Wildman–Crippen MR) is 79.2 cm³/mol. The number of benzene rings is 1. The lowest BCUT2D eigenvalue weighted by Crippen LogP contribution is -2.16. The van der Waals surface area contributed by atoms with Gasteiger partial charge in [-0.25, -0.2) is 0 Å². The van der Waals surface area contributed by atoms with Gasteiger partial charge in [0.2, 0.25) is 0 Å². The zero-order valence-corrected chi connectivity index (χ0v) is 12.2. The normalized spacial score (nSPS) is 13.1. The summed E-state index contributed by atoms with van der Waals surface area (Å²) in [6.45, 7) is 5.12. The first-order chi connectivity index (χ1) is 9.63. The molecule has 0 bridgehead atoms. The van der Waals surface area contributed by atoms with Crippen LogP contribution in [0, 0.1) is 13.8 Å². The topological polar surface area (TPSA) is 47.6 Å². The molecule has 0 saturated heterocycles. The van der Waals surface area contributed by atoms with Crippen molar-refractivity contribution in [2.75, 3.05) is 18.5 Å². The van der Waals surface area contributed by atoms with Crippen LogP contribution in [-0.4, -0.2) is 19.1 Å². The van der Waals surface area contributed by atoms with Crippen molar-refractivity contribution in [1.29, 1.82) is 0 Å². The highest BCUT2D eigenvalue weighted by Crippen LogP contribution is 2.33. The Bertz CT molecular complexity index is 644. The third kappa shape index (κ3) is 2.49. The molecule has 20 heavy (non-hydrogen) atoms. The van der Waals surface area contributed by atoms with Gasteiger partial charge in [0.05, 0.1) is 4.88 Å². The summed E-state index contributed by atoms with van der Waals surface area (Å²) < 4.78 is 11.0. The second-order valence-electron chi connectivity index (χ2n) is 4.66. The molecule has 2 heterocycles. The van der Waals surface area contributed by atoms with Crippen molar-refractivity contribution in [2.45, 2.75) is 13.8 Å². The Morgan fingerprint density at radius 1 is 1.15 bits per heavy atom. The number of nitrogens with one attached hydrogen (secondary N) is 1. The van der Waals surface area contributed by atoms with Crippen molar-refractivity contribution in [2.24, 2.45) is 0 Å². The van der Waals surface area contributed by atoms with E-state index in [1.807, 2.05) is 32.0 Å². The van der Waals surface area contributed by atoms with Gasteiger partial charge >= 0.3 is 0 Å². The zero-order chi connectivity index (χ0) is 14.1. The first kappa shape index (κ1) is 13.0. The summed E-state index contributed by atoms with van der Waals surface area (Å²) >= 11 is 1.50. The van der Waals surface area contributed by atoms with E-state index in [9.17, 15) is 4.79 Å². The fourth-order valence-corrected chi connectivity index (χ4v) is 2.93. The van der Waals surface area contributed by atoms with Gasteiger partial charge in [-0.1, -0.05) is 0 Å². The van der Waals surface area contributed by atoms with E-state index in [2.05, 4.69) is 5.32 Å². The molecule has 0 saturated carbocycles. The number of thiophene rings is 1. The number of hydrogen-bond acceptors (Lipinski definition) is 4. The van der Waals surface area contributed by atoms with Crippen LogP contribution < -0.4 is 14.8 Å². The molecule has 104 valence electrons. The first-order valence-electron chi connectivity index (χ1n) is 6.41. The van der Waals surface area contributed by atoms with Gasteiger partial charge < -0.3 is 14.8 Å². The number of amides is 1. The molecule has 1 aliphatic rings. The second kappa shape index (κ2) is 5.17. The highest BCUT2D eigenvalue weighted by atomic mass is 32.1. The third-order valence-electron chi connectivity index (χ3n) is 3.19. The molecule has 3 rings (SSSR count). The highest BCUT2D eigenvalue weighted by molar-refractivity contribution is 7.14. The number of rotatable bonds is 2. The fraction of sp³-hybridized carbons (Fsp3) is 0.267. The van der Waals surface area contributed by atoms with Gasteiger partial charge in [0.15, 0.2) is 11.5 Å². The minimum absolute atomic E-state index is 0.0946. The van der Waals surface area contributed by atoms with Gasteiger partial charge in [-0.15, -0.1) is 11.3 Å². The molecule has 1 aliphatic heterocycles. The molecule has 4 nitrogen and oxygen atoms in total. The molecule has 0 fully saturated rings. The molecular weight excluding hydrogens is 274 g/mol. The van der Waals surface area contributed by atoms with Crippen LogP contribution in [0.2, 0.25) is 0 Å². The van der Waals surface area contributed by atoms with Crippen LogP contribution in [0.25, 0.3) is 0 Å². The van der Waals surface area contributed by atoms with E-state index < -0.39 is 0 Å². The minimum Gasteiger partial charge on any atom is -0.486 e. The fourth-order valence-electron chi connectivity index (χ4n) is 2.00. The molecule has 1 aromatic heterocycles. The number of aryl methyl sites for hydroxylation is 2. The molecule has 0 unspecified atom stereocenters. The molecule has 0 radical (unpaired) electrons. The summed E-state index contributed by atoms with van der Waals surface area (Å²) in [6.07, 6.45) is 0. The minimum atomic E-state index is -0.0946. The smallest absolute Gasteiger partial charge is 0.265 e. The zero-order valence-electron chi connectivity index (χ0n) is 11.4. The lowest BCUT2D eigenvalue weighted by atomic mass is 10.2. The van der Waals surface area contributed by atoms with Gasteiger partial charge in [0, 0.05) is 16.6 Å². The number of carbonyl (C=O) groups excluding carboxylic acids is 1. The maximum Gasteiger partial charge on any atom is 0.265 e. The third-order valence-corrected chi connectivity index (χ3v) is 4.34. The maximum atomic E-state index is 12.2. The quantitative estimate of drug-likeness (QED) is 0.922. The molecule has 1 aromatic carbocycles. The van der Waals surface area contributed by atoms with Crippen LogP contribution in [0.5, 0.6) is 11.5 Å². The van der Waals surface area contributed by atoms with Crippen molar-refractivity contribution in [3.8, 4) is 11.5 Å². The Hall–Kier alpha value is -2.01. The van der Waals surface area contributed by atoms with Gasteiger partial charge in [-0.05, 0) is 37.6 Å². The molecule has 0 aliphatic carbocycles. The first-order valence-corrected chi connectivity index (χ1v) is 7.23. The Morgan fingerprint density at radius 3 is 2.60 bits per heavy atom. The van der Waals surface area contributed by atoms with Gasteiger partial charge in [-0.2, -0.15) is 0 Å². The van der Waals surface area contributed by atoms with Crippen molar-refractivity contribution < 1.29 is 14.3 Å². The van der Waals surface area contributed by atoms with E-state index in [4.69, 9.17) is 9.47 Å². The number of ether oxygens (including phenoxy) is 2. The summed E-state index contributed by atoms with van der Waals surface area (Å²) in [5.41, 5.74) is 1.85. The van der Waals surface area contributed by atoms with Crippen molar-refractivity contribution in [3.05, 3.63) is 39.6 Å². The molecule has 5 heteroatoms. The van der Waals surface area contributed by atoms with E-state index in [1.165, 1.54) is 11.3 Å². The number of carbonyl (C=O) groups is 1. The molecule has 0 atom stereocenters. The van der Waals surface area contributed by atoms with Crippen LogP contribution in [0.1, 0.15) is 20.1 Å². The van der Waals surface area contributed by atoms with Crippen LogP contribution in [-0.2, 0) is 0 Å². The molecule has 1 N–H and O–H groups in total. The lowest BCUT2D eigenvalue weighted by Gasteiger charge is -2.18. The van der Waals surface area contributed by atoms with Gasteiger partial charge in [-0.3, -0.25) is 4.79 Å². The Morgan fingerprint density at radius 2 is 1.90 bits per heavy atom. The van der Waals surface area contributed by atoms with Crippen LogP contribution >= 0.6 is 11.3 Å². The summed E-state index contributed by atoms with van der Waals surface area (Å²) in [5.74, 6) is 1.30. The second-order valence-corrected chi connectivity index (χ2v) is 5.92. The van der Waals surface area contributed by atoms with E-state index in [0.717, 1.165) is 21.1 Å². The number of hydrogen-bond donors (Lipinski definition) is 1. The molecule has 1 amide bonds. The molecule has 2 aromatic rings. The number of fused-ring (bicyclic) bond motifs is 1. The van der Waals surface area contributed by atoms with Gasteiger partial charge in [0.25, 0.3) is 5.91 Å². The van der Waals surface area contributed by atoms with E-state index in [1.54, 1.807) is 6.07 Å². The average molecular weight is 289 g/mol. The van der Waals surface area contributed by atoms with Crippen LogP contribution in [0.4, 0.5) is 5.69 Å². The van der Waals surface area contributed by atoms with Crippen molar-refractivity contribution in [1.82, 2.24) is 0 Å². The van der Waals surface area contributed by atoms with Crippen LogP contribution in [0.15, 0.2) is 24.3 Å². The molecular formula is C15H15NO3S. The SMILES string of the molecule is Cc1cc(C(=O)Nc2ccc3c(c2)OCCO3)sc1C. The Kier molecular flexibility index (Phi) is 3.36. The largest absolute Gasteiger partial charge is 0.486 e. The summed E-state index contributed by atoms with van der Waals surface area (Å²) in [4.78, 5) is 14.1. The van der Waals surface area contributed by atoms with Gasteiger partial charge in [0.1, 0.15) is 13.2 Å². The van der Waals surface area contributed by atoms with E-state index in [-0.39, 0.29) is 5.91 Å². The van der Waals surface area contributed by atoms with E-state index in [0.29, 0.717) is 24.7 Å². The van der Waals surface area contributed by atoms with Crippen molar-refractivity contribution >= 4 is 22.9 Å². The highest BCUT2D eigenvalue weighted by Gasteiger charge is 2.14. The number of anilines is 1. The Balaban J connectivity index is 1.79. The van der Waals surface area contributed by atoms with Crippen molar-refractivity contribution in [3.63, 3.8) is 0 Å². The van der Waals surface area contributed by atoms with E-state index >= 15 is 0 Å².